The molecule has 0 saturated carbocycles. The molecule has 0 aromatic carbocycles. The Morgan fingerprint density at radius 1 is 1.25 bits per heavy atom. The molecule has 0 spiro atoms. The largest absolute Gasteiger partial charge is 0.380 e. The van der Waals surface area contributed by atoms with Crippen LogP contribution in [0.4, 0.5) is 0 Å². The summed E-state index contributed by atoms with van der Waals surface area (Å²) in [6.45, 7) is 11.6. The fourth-order valence-electron chi connectivity index (χ4n) is 2.18. The van der Waals surface area contributed by atoms with Gasteiger partial charge in [0.25, 0.3) is 0 Å². The van der Waals surface area contributed by atoms with E-state index in [-0.39, 0.29) is 29.4 Å². The van der Waals surface area contributed by atoms with Crippen LogP contribution in [-0.2, 0) is 4.74 Å². The molecule has 1 aliphatic rings. The van der Waals surface area contributed by atoms with Crippen LogP contribution in [0.1, 0.15) is 47.0 Å². The fraction of sp³-hybridized carbons (Fsp3) is 0.933. The summed E-state index contributed by atoms with van der Waals surface area (Å²) in [6.07, 6.45) is 3.76. The normalized spacial score (nSPS) is 19.0. The zero-order valence-corrected chi connectivity index (χ0v) is 16.0. The maximum Gasteiger partial charge on any atom is 0.191 e. The van der Waals surface area contributed by atoms with Gasteiger partial charge in [0, 0.05) is 25.0 Å². The predicted octanol–water partition coefficient (Wildman–Crippen LogP) is 3.02. The van der Waals surface area contributed by atoms with Crippen molar-refractivity contribution in [1.82, 2.24) is 10.6 Å². The third-order valence-corrected chi connectivity index (χ3v) is 3.61. The monoisotopic (exact) mass is 397 g/mol. The Labute approximate surface area is 141 Å². The molecule has 1 unspecified atom stereocenters. The maximum atomic E-state index is 5.26. The van der Waals surface area contributed by atoms with Crippen LogP contribution < -0.4 is 10.6 Å². The summed E-state index contributed by atoms with van der Waals surface area (Å²) in [5.74, 6) is 1.70. The van der Waals surface area contributed by atoms with Crippen molar-refractivity contribution in [2.24, 2.45) is 16.3 Å². The molecule has 2 N–H and O–H groups in total. The van der Waals surface area contributed by atoms with Crippen molar-refractivity contribution in [1.29, 1.82) is 0 Å². The molecule has 0 radical (unpaired) electrons. The summed E-state index contributed by atoms with van der Waals surface area (Å²) in [4.78, 5) is 4.29. The van der Waals surface area contributed by atoms with E-state index in [1.165, 1.54) is 19.3 Å². The first-order chi connectivity index (χ1) is 8.95. The molecule has 1 heterocycles. The lowest BCUT2D eigenvalue weighted by atomic mass is 9.89. The molecule has 0 aromatic rings. The van der Waals surface area contributed by atoms with Crippen molar-refractivity contribution in [2.45, 2.75) is 53.0 Å². The molecule has 1 rings (SSSR count). The van der Waals surface area contributed by atoms with Gasteiger partial charge in [-0.3, -0.25) is 4.99 Å². The zero-order chi connectivity index (χ0) is 14.3. The van der Waals surface area contributed by atoms with Gasteiger partial charge >= 0.3 is 0 Å². The van der Waals surface area contributed by atoms with E-state index in [4.69, 9.17) is 4.74 Å². The highest BCUT2D eigenvalue weighted by Crippen LogP contribution is 2.24. The average molecular weight is 397 g/mol. The summed E-state index contributed by atoms with van der Waals surface area (Å²) in [5, 5.41) is 6.86. The summed E-state index contributed by atoms with van der Waals surface area (Å²) >= 11 is 0. The maximum absolute atomic E-state index is 5.26. The molecule has 5 heteroatoms. The molecule has 0 bridgehead atoms. The number of halogens is 1. The lowest BCUT2D eigenvalue weighted by Gasteiger charge is -2.38. The second-order valence-electron chi connectivity index (χ2n) is 6.60. The second-order valence-corrected chi connectivity index (χ2v) is 6.60. The van der Waals surface area contributed by atoms with Gasteiger partial charge in [0.1, 0.15) is 0 Å². The van der Waals surface area contributed by atoms with E-state index in [0.717, 1.165) is 31.6 Å². The fourth-order valence-corrected chi connectivity index (χ4v) is 2.18. The number of ether oxygens (including phenoxy) is 1. The standard InChI is InChI=1S/C15H31N3O.HI/c1-12(2)7-6-8-13(3)18-14(16-5)17-9-15(4)10-19-11-15;/h12-13H,6-11H2,1-5H3,(H2,16,17,18);1H. The molecule has 20 heavy (non-hydrogen) atoms. The van der Waals surface area contributed by atoms with Crippen molar-refractivity contribution in [2.75, 3.05) is 26.8 Å². The first-order valence-corrected chi connectivity index (χ1v) is 7.50. The van der Waals surface area contributed by atoms with Crippen molar-refractivity contribution < 1.29 is 4.74 Å². The number of nitrogens with zero attached hydrogens (tertiary/aromatic N) is 1. The van der Waals surface area contributed by atoms with Gasteiger partial charge < -0.3 is 15.4 Å². The van der Waals surface area contributed by atoms with Gasteiger partial charge in [-0.25, -0.2) is 0 Å². The Kier molecular flexibility index (Phi) is 9.80. The Hall–Kier alpha value is -0.0400. The molecule has 0 aliphatic carbocycles. The zero-order valence-electron chi connectivity index (χ0n) is 13.7. The number of hydrogen-bond donors (Lipinski definition) is 2. The van der Waals surface area contributed by atoms with E-state index < -0.39 is 0 Å². The molecular weight excluding hydrogens is 365 g/mol. The summed E-state index contributed by atoms with van der Waals surface area (Å²) in [6, 6.07) is 0.468. The quantitative estimate of drug-likeness (QED) is 0.395. The Morgan fingerprint density at radius 2 is 1.90 bits per heavy atom. The summed E-state index contributed by atoms with van der Waals surface area (Å²) < 4.78 is 5.26. The number of aliphatic imine (C=N–C) groups is 1. The van der Waals surface area contributed by atoms with E-state index >= 15 is 0 Å². The van der Waals surface area contributed by atoms with Gasteiger partial charge in [0.05, 0.1) is 13.2 Å². The first-order valence-electron chi connectivity index (χ1n) is 7.50. The van der Waals surface area contributed by atoms with E-state index in [0.29, 0.717) is 6.04 Å². The van der Waals surface area contributed by atoms with E-state index in [9.17, 15) is 0 Å². The first kappa shape index (κ1) is 20.0. The third-order valence-electron chi connectivity index (χ3n) is 3.61. The van der Waals surface area contributed by atoms with Gasteiger partial charge in [-0.1, -0.05) is 33.6 Å². The molecule has 4 nitrogen and oxygen atoms in total. The Balaban J connectivity index is 0.00000361. The second kappa shape index (κ2) is 9.82. The average Bonchev–Trinajstić information content (AvgIpc) is 2.31. The minimum Gasteiger partial charge on any atom is -0.380 e. The van der Waals surface area contributed by atoms with Crippen LogP contribution in [0.2, 0.25) is 0 Å². The van der Waals surface area contributed by atoms with E-state index in [2.05, 4.69) is 43.3 Å². The molecule has 0 amide bonds. The molecular formula is C15H32IN3O. The SMILES string of the molecule is CN=C(NCC1(C)COC1)NC(C)CCCC(C)C.I. The Bertz CT molecular complexity index is 291. The van der Waals surface area contributed by atoms with Crippen LogP contribution in [-0.4, -0.2) is 38.8 Å². The van der Waals surface area contributed by atoms with Crippen LogP contribution in [0.15, 0.2) is 4.99 Å². The summed E-state index contributed by atoms with van der Waals surface area (Å²) in [5.41, 5.74) is 0.276. The Morgan fingerprint density at radius 3 is 2.35 bits per heavy atom. The molecule has 1 aliphatic heterocycles. The highest BCUT2D eigenvalue weighted by atomic mass is 127. The van der Waals surface area contributed by atoms with Gasteiger partial charge in [0.15, 0.2) is 5.96 Å². The highest BCUT2D eigenvalue weighted by Gasteiger charge is 2.33. The predicted molar refractivity (Wildman–Crippen MR) is 97.0 cm³/mol. The van der Waals surface area contributed by atoms with Crippen molar-refractivity contribution in [3.05, 3.63) is 0 Å². The molecule has 1 saturated heterocycles. The lowest BCUT2D eigenvalue weighted by molar-refractivity contribution is -0.0971. The van der Waals surface area contributed by atoms with Crippen LogP contribution in [0.25, 0.3) is 0 Å². The minimum atomic E-state index is 0. The van der Waals surface area contributed by atoms with Crippen molar-refractivity contribution in [3.63, 3.8) is 0 Å². The third kappa shape index (κ3) is 7.67. The topological polar surface area (TPSA) is 45.7 Å². The molecule has 120 valence electrons. The van der Waals surface area contributed by atoms with Crippen LogP contribution in [0, 0.1) is 11.3 Å². The highest BCUT2D eigenvalue weighted by molar-refractivity contribution is 14.0. The smallest absolute Gasteiger partial charge is 0.191 e. The van der Waals surface area contributed by atoms with E-state index in [1.807, 2.05) is 7.05 Å². The van der Waals surface area contributed by atoms with Gasteiger partial charge in [-0.2, -0.15) is 0 Å². The van der Waals surface area contributed by atoms with Crippen LogP contribution in [0.3, 0.4) is 0 Å². The lowest BCUT2D eigenvalue weighted by Crippen LogP contribution is -2.52. The number of hydrogen-bond acceptors (Lipinski definition) is 2. The molecule has 1 fully saturated rings. The van der Waals surface area contributed by atoms with Gasteiger partial charge in [0.2, 0.25) is 0 Å². The van der Waals surface area contributed by atoms with Gasteiger partial charge in [-0.15, -0.1) is 24.0 Å². The summed E-state index contributed by atoms with van der Waals surface area (Å²) in [7, 11) is 1.83. The van der Waals surface area contributed by atoms with Crippen LogP contribution >= 0.6 is 24.0 Å². The van der Waals surface area contributed by atoms with Crippen molar-refractivity contribution >= 4 is 29.9 Å². The minimum absolute atomic E-state index is 0. The number of rotatable bonds is 7. The van der Waals surface area contributed by atoms with Gasteiger partial charge in [-0.05, 0) is 19.3 Å². The van der Waals surface area contributed by atoms with E-state index in [1.54, 1.807) is 0 Å². The number of guanidine groups is 1. The number of nitrogens with one attached hydrogen (secondary N) is 2. The van der Waals surface area contributed by atoms with Crippen molar-refractivity contribution in [3.8, 4) is 0 Å². The molecule has 1 atom stereocenters. The van der Waals surface area contributed by atoms with Crippen LogP contribution in [0.5, 0.6) is 0 Å². The molecule has 0 aromatic heterocycles.